The number of aryl methyl sites for hydroxylation is 3. The average molecular weight is 729 g/mol. The van der Waals surface area contributed by atoms with Gasteiger partial charge >= 0.3 is 6.18 Å². The van der Waals surface area contributed by atoms with Crippen LogP contribution in [0.4, 0.5) is 30.5 Å². The fraction of sp³-hybridized carbons (Fsp3) is 0.444. The minimum absolute atomic E-state index is 0.00735. The first kappa shape index (κ1) is 34.4. The molecule has 2 aliphatic carbocycles. The Kier molecular flexibility index (Phi) is 9.13. The molecule has 2 aromatic heterocycles. The van der Waals surface area contributed by atoms with Gasteiger partial charge in [-0.2, -0.15) is 13.2 Å². The highest BCUT2D eigenvalue weighted by atomic mass is 35.5. The third-order valence-corrected chi connectivity index (χ3v) is 11.0. The SMILES string of the molecule is Cc1cc(C)nc(C(=O)NCc2ccc(Cl)c(Nc3nc4cc(C(=O)NC5CCC(C(F)(F)F)CC5)c(N5CC6CC6C5)cc4n3C)c2Cl)c1. The zero-order chi connectivity index (χ0) is 35.5. The van der Waals surface area contributed by atoms with Gasteiger partial charge in [0.05, 0.1) is 43.9 Å². The van der Waals surface area contributed by atoms with Crippen LogP contribution in [0.25, 0.3) is 11.0 Å². The maximum atomic E-state index is 13.8. The van der Waals surface area contributed by atoms with E-state index in [1.165, 1.54) is 6.42 Å². The fourth-order valence-electron chi connectivity index (χ4n) is 7.39. The van der Waals surface area contributed by atoms with Gasteiger partial charge in [-0.15, -0.1) is 0 Å². The van der Waals surface area contributed by atoms with Crippen LogP contribution in [0.15, 0.2) is 36.4 Å². The van der Waals surface area contributed by atoms with Gasteiger partial charge in [-0.1, -0.05) is 29.3 Å². The summed E-state index contributed by atoms with van der Waals surface area (Å²) in [7, 11) is 1.85. The molecule has 0 radical (unpaired) electrons. The van der Waals surface area contributed by atoms with E-state index in [9.17, 15) is 22.8 Å². The van der Waals surface area contributed by atoms with Crippen LogP contribution in [0, 0.1) is 31.6 Å². The molecule has 9 nitrogen and oxygen atoms in total. The number of benzene rings is 2. The third-order valence-electron chi connectivity index (χ3n) is 10.3. The number of amides is 2. The number of hydrogen-bond donors (Lipinski definition) is 3. The van der Waals surface area contributed by atoms with E-state index >= 15 is 0 Å². The summed E-state index contributed by atoms with van der Waals surface area (Å²) in [6.45, 7) is 5.58. The molecule has 1 saturated heterocycles. The number of imidazole rings is 1. The van der Waals surface area contributed by atoms with E-state index in [1.807, 2.05) is 37.6 Å². The second kappa shape index (κ2) is 13.3. The van der Waals surface area contributed by atoms with Gasteiger partial charge in [0.1, 0.15) is 5.69 Å². The van der Waals surface area contributed by atoms with Gasteiger partial charge in [-0.3, -0.25) is 9.59 Å². The second-order valence-corrected chi connectivity index (χ2v) is 14.7. The van der Waals surface area contributed by atoms with Crippen LogP contribution < -0.4 is 20.9 Å². The van der Waals surface area contributed by atoms with Gasteiger partial charge in [0.2, 0.25) is 5.95 Å². The van der Waals surface area contributed by atoms with E-state index in [-0.39, 0.29) is 50.1 Å². The molecule has 50 heavy (non-hydrogen) atoms. The van der Waals surface area contributed by atoms with Crippen molar-refractivity contribution >= 4 is 63.4 Å². The highest BCUT2D eigenvalue weighted by molar-refractivity contribution is 6.39. The predicted molar refractivity (Wildman–Crippen MR) is 188 cm³/mol. The van der Waals surface area contributed by atoms with Crippen molar-refractivity contribution in [1.29, 1.82) is 0 Å². The Morgan fingerprint density at radius 3 is 2.36 bits per heavy atom. The first-order valence-corrected chi connectivity index (χ1v) is 17.6. The summed E-state index contributed by atoms with van der Waals surface area (Å²) in [5.74, 6) is -0.298. The number of rotatable bonds is 8. The van der Waals surface area contributed by atoms with Crippen LogP contribution in [0.2, 0.25) is 10.0 Å². The first-order valence-electron chi connectivity index (χ1n) is 16.9. The number of aromatic nitrogens is 3. The number of nitrogens with one attached hydrogen (secondary N) is 3. The van der Waals surface area contributed by atoms with Gasteiger partial charge in [-0.05, 0) is 99.2 Å². The normalized spacial score (nSPS) is 21.6. The number of carbonyl (C=O) groups is 2. The molecule has 14 heteroatoms. The lowest BCUT2D eigenvalue weighted by Gasteiger charge is -2.31. The first-order chi connectivity index (χ1) is 23.7. The lowest BCUT2D eigenvalue weighted by molar-refractivity contribution is -0.182. The molecule has 2 atom stereocenters. The number of anilines is 3. The molecule has 3 fully saturated rings. The van der Waals surface area contributed by atoms with Crippen LogP contribution in [-0.4, -0.2) is 51.7 Å². The van der Waals surface area contributed by atoms with Crippen LogP contribution in [0.1, 0.15) is 69.8 Å². The third kappa shape index (κ3) is 6.96. The molecule has 2 amide bonds. The highest BCUT2D eigenvalue weighted by Crippen LogP contribution is 2.47. The number of fused-ring (bicyclic) bond motifs is 2. The van der Waals surface area contributed by atoms with E-state index < -0.39 is 12.1 Å². The topological polar surface area (TPSA) is 104 Å². The molecule has 2 saturated carbocycles. The Morgan fingerprint density at radius 1 is 0.960 bits per heavy atom. The van der Waals surface area contributed by atoms with Crippen molar-refractivity contribution in [3.05, 3.63) is 74.5 Å². The molecule has 2 unspecified atom stereocenters. The molecule has 3 heterocycles. The average Bonchev–Trinajstić information content (AvgIpc) is 3.55. The van der Waals surface area contributed by atoms with Crippen LogP contribution in [-0.2, 0) is 13.6 Å². The maximum absolute atomic E-state index is 13.8. The molecule has 4 aromatic rings. The van der Waals surface area contributed by atoms with Crippen LogP contribution >= 0.6 is 23.2 Å². The molecule has 264 valence electrons. The summed E-state index contributed by atoms with van der Waals surface area (Å²) in [5.41, 5.74) is 5.62. The summed E-state index contributed by atoms with van der Waals surface area (Å²) >= 11 is 13.5. The van der Waals surface area contributed by atoms with E-state index in [4.69, 9.17) is 28.2 Å². The van der Waals surface area contributed by atoms with Crippen LogP contribution in [0.3, 0.4) is 0 Å². The van der Waals surface area contributed by atoms with Crippen molar-refractivity contribution in [2.75, 3.05) is 23.3 Å². The maximum Gasteiger partial charge on any atom is 0.391 e. The van der Waals surface area contributed by atoms with E-state index in [0.29, 0.717) is 55.9 Å². The van der Waals surface area contributed by atoms with Crippen LogP contribution in [0.5, 0.6) is 0 Å². The van der Waals surface area contributed by atoms with E-state index in [1.54, 1.807) is 24.3 Å². The van der Waals surface area contributed by atoms with Gasteiger partial charge in [0.15, 0.2) is 0 Å². The predicted octanol–water partition coefficient (Wildman–Crippen LogP) is 7.87. The Hall–Kier alpha value is -4.03. The number of carbonyl (C=O) groups excluding carboxylic acids is 2. The summed E-state index contributed by atoms with van der Waals surface area (Å²) in [4.78, 5) is 38.0. The summed E-state index contributed by atoms with van der Waals surface area (Å²) in [5, 5.41) is 9.83. The van der Waals surface area contributed by atoms with Crippen molar-refractivity contribution in [2.45, 2.75) is 64.7 Å². The molecule has 3 aliphatic rings. The Morgan fingerprint density at radius 2 is 1.68 bits per heavy atom. The molecule has 0 bridgehead atoms. The van der Waals surface area contributed by atoms with Gasteiger partial charge in [0.25, 0.3) is 11.8 Å². The number of piperidine rings is 1. The summed E-state index contributed by atoms with van der Waals surface area (Å²) in [6, 6.07) is 10.4. The van der Waals surface area contributed by atoms with Crippen molar-refractivity contribution < 1.29 is 22.8 Å². The zero-order valence-corrected chi connectivity index (χ0v) is 29.4. The molecule has 0 spiro atoms. The number of nitrogens with zero attached hydrogens (tertiary/aromatic N) is 4. The van der Waals surface area contributed by atoms with Crippen molar-refractivity contribution in [1.82, 2.24) is 25.2 Å². The zero-order valence-electron chi connectivity index (χ0n) is 27.9. The summed E-state index contributed by atoms with van der Waals surface area (Å²) in [6.07, 6.45) is -2.44. The number of halogens is 5. The van der Waals surface area contributed by atoms with Crippen molar-refractivity contribution in [3.8, 4) is 0 Å². The van der Waals surface area contributed by atoms with E-state index in [0.717, 1.165) is 35.6 Å². The van der Waals surface area contributed by atoms with Crippen molar-refractivity contribution in [3.63, 3.8) is 0 Å². The molecule has 2 aromatic carbocycles. The lowest BCUT2D eigenvalue weighted by atomic mass is 9.85. The molecule has 1 aliphatic heterocycles. The minimum atomic E-state index is -4.21. The van der Waals surface area contributed by atoms with Gasteiger partial charge < -0.3 is 25.4 Å². The molecular weight excluding hydrogens is 690 g/mol. The van der Waals surface area contributed by atoms with E-state index in [2.05, 4.69) is 25.8 Å². The van der Waals surface area contributed by atoms with Gasteiger partial charge in [-0.25, -0.2) is 9.97 Å². The number of pyridine rings is 1. The fourth-order valence-corrected chi connectivity index (χ4v) is 7.92. The number of alkyl halides is 3. The van der Waals surface area contributed by atoms with Crippen molar-refractivity contribution in [2.24, 2.45) is 24.8 Å². The highest BCUT2D eigenvalue weighted by Gasteiger charge is 2.46. The summed E-state index contributed by atoms with van der Waals surface area (Å²) < 4.78 is 41.6. The monoisotopic (exact) mass is 727 g/mol. The molecular formula is C36H38Cl2F3N7O2. The number of hydrogen-bond acceptors (Lipinski definition) is 6. The standard InChI is InChI=1S/C36H38Cl2F3N7O2/c1-18-10-19(2)43-28(11-18)34(50)42-15-20-4-9-26(37)32(31(20)38)46-35-45-27-13-25(33(49)44-24-7-5-23(6-8-24)36(39,40)41)29(14-30(27)47(35)3)48-16-21-12-22(21)17-48/h4,9-11,13-14,21-24H,5-8,12,15-17H2,1-3H3,(H,42,50)(H,44,49)(H,45,46). The second-order valence-electron chi connectivity index (χ2n) is 14.0. The Balaban J connectivity index is 1.13. The molecule has 3 N–H and O–H groups in total. The molecule has 7 rings (SSSR count). The Bertz CT molecular complexity index is 1960. The lowest BCUT2D eigenvalue weighted by Crippen LogP contribution is -2.40. The smallest absolute Gasteiger partial charge is 0.370 e. The van der Waals surface area contributed by atoms with Gasteiger partial charge in [0, 0.05) is 38.4 Å². The Labute approximate surface area is 297 Å². The quantitative estimate of drug-likeness (QED) is 0.171. The minimum Gasteiger partial charge on any atom is -0.370 e. The largest absolute Gasteiger partial charge is 0.391 e.